The highest BCUT2D eigenvalue weighted by Gasteiger charge is 2.19. The van der Waals surface area contributed by atoms with E-state index in [0.29, 0.717) is 5.56 Å². The van der Waals surface area contributed by atoms with Crippen molar-refractivity contribution < 1.29 is 14.3 Å². The van der Waals surface area contributed by atoms with E-state index in [2.05, 4.69) is 17.3 Å². The number of piperidine rings is 1. The summed E-state index contributed by atoms with van der Waals surface area (Å²) in [6.07, 6.45) is 2.60. The third-order valence-corrected chi connectivity index (χ3v) is 3.98. The minimum Gasteiger partial charge on any atom is -0.497 e. The predicted octanol–water partition coefficient (Wildman–Crippen LogP) is 1.87. The average Bonchev–Trinajstić information content (AvgIpc) is 2.52. The van der Waals surface area contributed by atoms with Crippen LogP contribution < -0.4 is 10.1 Å². The number of likely N-dealkylation sites (N-methyl/N-ethyl adjacent to an activating group) is 1. The van der Waals surface area contributed by atoms with E-state index in [1.54, 1.807) is 31.4 Å². The van der Waals surface area contributed by atoms with Crippen molar-refractivity contribution in [1.29, 1.82) is 0 Å². The van der Waals surface area contributed by atoms with Crippen LogP contribution in [0.15, 0.2) is 24.3 Å². The van der Waals surface area contributed by atoms with E-state index >= 15 is 0 Å². The van der Waals surface area contributed by atoms with E-state index in [1.165, 1.54) is 0 Å². The van der Waals surface area contributed by atoms with Gasteiger partial charge in [0.2, 0.25) is 5.91 Å². The number of methoxy groups -OCH3 is 1. The maximum Gasteiger partial charge on any atom is 0.220 e. The molecule has 0 aromatic heterocycles. The van der Waals surface area contributed by atoms with Crippen molar-refractivity contribution in [2.45, 2.75) is 31.7 Å². The van der Waals surface area contributed by atoms with Crippen LogP contribution in [0.25, 0.3) is 0 Å². The highest BCUT2D eigenvalue weighted by Crippen LogP contribution is 2.13. The van der Waals surface area contributed by atoms with Crippen LogP contribution >= 0.6 is 0 Å². The number of nitrogens with zero attached hydrogens (tertiary/aromatic N) is 1. The topological polar surface area (TPSA) is 58.6 Å². The number of hydrogen-bond acceptors (Lipinski definition) is 4. The summed E-state index contributed by atoms with van der Waals surface area (Å²) >= 11 is 0. The second-order valence-electron chi connectivity index (χ2n) is 5.82. The minimum atomic E-state index is -0.0397. The molecule has 1 unspecified atom stereocenters. The van der Waals surface area contributed by atoms with E-state index in [9.17, 15) is 9.59 Å². The fraction of sp³-hybridized carbons (Fsp3) is 0.529. The molecule has 2 rings (SSSR count). The molecular weight excluding hydrogens is 280 g/mol. The van der Waals surface area contributed by atoms with Crippen molar-refractivity contribution in [2.24, 2.45) is 0 Å². The van der Waals surface area contributed by atoms with Crippen LogP contribution in [0.4, 0.5) is 0 Å². The number of hydrogen-bond donors (Lipinski definition) is 1. The molecule has 0 saturated carbocycles. The molecule has 1 heterocycles. The van der Waals surface area contributed by atoms with Crippen molar-refractivity contribution in [3.8, 4) is 5.75 Å². The molecule has 5 heteroatoms. The molecule has 0 spiro atoms. The van der Waals surface area contributed by atoms with Crippen LogP contribution in [0.2, 0.25) is 0 Å². The Hall–Kier alpha value is -1.88. The van der Waals surface area contributed by atoms with Gasteiger partial charge in [0.15, 0.2) is 5.78 Å². The standard InChI is InChI=1S/C17H24N2O3/c1-19-11-3-4-14(12-19)18-17(21)10-9-16(20)13-5-7-15(22-2)8-6-13/h5-8,14H,3-4,9-12H2,1-2H3,(H,18,21). The van der Waals surface area contributed by atoms with Gasteiger partial charge in [0.25, 0.3) is 0 Å². The van der Waals surface area contributed by atoms with Crippen LogP contribution in [0.1, 0.15) is 36.0 Å². The lowest BCUT2D eigenvalue weighted by atomic mass is 10.0. The number of ether oxygens (including phenoxy) is 1. The molecule has 22 heavy (non-hydrogen) atoms. The first-order chi connectivity index (χ1) is 10.6. The summed E-state index contributed by atoms with van der Waals surface area (Å²) in [4.78, 5) is 26.2. The maximum atomic E-state index is 12.1. The Balaban J connectivity index is 1.76. The van der Waals surface area contributed by atoms with Crippen molar-refractivity contribution in [3.63, 3.8) is 0 Å². The molecule has 0 bridgehead atoms. The second kappa shape index (κ2) is 7.94. The first-order valence-corrected chi connectivity index (χ1v) is 7.73. The predicted molar refractivity (Wildman–Crippen MR) is 85.2 cm³/mol. The molecular formula is C17H24N2O3. The van der Waals surface area contributed by atoms with Crippen LogP contribution in [-0.2, 0) is 4.79 Å². The third kappa shape index (κ3) is 4.84. The Kier molecular flexibility index (Phi) is 5.95. The molecule has 1 N–H and O–H groups in total. The number of likely N-dealkylation sites (tertiary alicyclic amines) is 1. The molecule has 0 aliphatic carbocycles. The summed E-state index contributed by atoms with van der Waals surface area (Å²) in [7, 11) is 3.65. The van der Waals surface area contributed by atoms with Gasteiger partial charge >= 0.3 is 0 Å². The zero-order valence-corrected chi connectivity index (χ0v) is 13.3. The lowest BCUT2D eigenvalue weighted by Crippen LogP contribution is -2.46. The Bertz CT molecular complexity index is 513. The summed E-state index contributed by atoms with van der Waals surface area (Å²) in [5.41, 5.74) is 0.617. The van der Waals surface area contributed by atoms with E-state index in [-0.39, 0.29) is 30.6 Å². The monoisotopic (exact) mass is 304 g/mol. The molecule has 5 nitrogen and oxygen atoms in total. The summed E-state index contributed by atoms with van der Waals surface area (Å²) in [5, 5.41) is 3.02. The molecule has 1 aliphatic rings. The fourth-order valence-corrected chi connectivity index (χ4v) is 2.73. The van der Waals surface area contributed by atoms with E-state index in [4.69, 9.17) is 4.74 Å². The van der Waals surface area contributed by atoms with E-state index in [0.717, 1.165) is 31.7 Å². The lowest BCUT2D eigenvalue weighted by Gasteiger charge is -2.30. The molecule has 120 valence electrons. The van der Waals surface area contributed by atoms with Crippen LogP contribution in [0, 0.1) is 0 Å². The van der Waals surface area contributed by atoms with E-state index < -0.39 is 0 Å². The number of benzene rings is 1. The van der Waals surface area contributed by atoms with Crippen molar-refractivity contribution >= 4 is 11.7 Å². The zero-order chi connectivity index (χ0) is 15.9. The zero-order valence-electron chi connectivity index (χ0n) is 13.3. The lowest BCUT2D eigenvalue weighted by molar-refractivity contribution is -0.122. The van der Waals surface area contributed by atoms with Crippen molar-refractivity contribution in [3.05, 3.63) is 29.8 Å². The number of rotatable bonds is 6. The number of carbonyl (C=O) groups is 2. The van der Waals surface area contributed by atoms with Gasteiger partial charge < -0.3 is 15.0 Å². The largest absolute Gasteiger partial charge is 0.497 e. The Morgan fingerprint density at radius 3 is 2.64 bits per heavy atom. The summed E-state index contributed by atoms with van der Waals surface area (Å²) in [6, 6.07) is 7.18. The number of Topliss-reactive ketones (excluding diaryl/α,β-unsaturated/α-hetero) is 1. The van der Waals surface area contributed by atoms with Crippen LogP contribution in [0.5, 0.6) is 5.75 Å². The molecule has 1 aliphatic heterocycles. The molecule has 1 fully saturated rings. The van der Waals surface area contributed by atoms with Crippen LogP contribution in [-0.4, -0.2) is 49.9 Å². The first kappa shape index (κ1) is 16.5. The molecule has 0 radical (unpaired) electrons. The maximum absolute atomic E-state index is 12.1. The number of nitrogens with one attached hydrogen (secondary N) is 1. The highest BCUT2D eigenvalue weighted by atomic mass is 16.5. The van der Waals surface area contributed by atoms with Gasteiger partial charge in [-0.05, 0) is 50.7 Å². The summed E-state index contributed by atoms with van der Waals surface area (Å²) < 4.78 is 5.06. The second-order valence-corrected chi connectivity index (χ2v) is 5.82. The fourth-order valence-electron chi connectivity index (χ4n) is 2.73. The number of ketones is 1. The molecule has 1 aromatic carbocycles. The van der Waals surface area contributed by atoms with Crippen molar-refractivity contribution in [2.75, 3.05) is 27.2 Å². The Labute approximate surface area is 131 Å². The molecule has 1 saturated heterocycles. The van der Waals surface area contributed by atoms with Gasteiger partial charge in [-0.15, -0.1) is 0 Å². The summed E-state index contributed by atoms with van der Waals surface area (Å²) in [5.74, 6) is 0.663. The van der Waals surface area contributed by atoms with Gasteiger partial charge in [0, 0.05) is 31.0 Å². The Morgan fingerprint density at radius 2 is 2.00 bits per heavy atom. The highest BCUT2D eigenvalue weighted by molar-refractivity contribution is 5.98. The normalized spacial score (nSPS) is 18.7. The van der Waals surface area contributed by atoms with Gasteiger partial charge in [-0.1, -0.05) is 0 Å². The Morgan fingerprint density at radius 1 is 1.27 bits per heavy atom. The molecule has 1 atom stereocenters. The quantitative estimate of drug-likeness (QED) is 0.815. The van der Waals surface area contributed by atoms with Gasteiger partial charge in [-0.25, -0.2) is 0 Å². The smallest absolute Gasteiger partial charge is 0.220 e. The van der Waals surface area contributed by atoms with Gasteiger partial charge in [-0.2, -0.15) is 0 Å². The first-order valence-electron chi connectivity index (χ1n) is 7.73. The molecule has 1 amide bonds. The number of amides is 1. The molecule has 1 aromatic rings. The van der Waals surface area contributed by atoms with Gasteiger partial charge in [0.05, 0.1) is 7.11 Å². The van der Waals surface area contributed by atoms with Crippen LogP contribution in [0.3, 0.4) is 0 Å². The van der Waals surface area contributed by atoms with E-state index in [1.807, 2.05) is 0 Å². The number of carbonyl (C=O) groups excluding carboxylic acids is 2. The minimum absolute atomic E-state index is 0.0152. The van der Waals surface area contributed by atoms with Crippen molar-refractivity contribution in [1.82, 2.24) is 10.2 Å². The van der Waals surface area contributed by atoms with Gasteiger partial charge in [0.1, 0.15) is 5.75 Å². The summed E-state index contributed by atoms with van der Waals surface area (Å²) in [6.45, 7) is 1.97. The van der Waals surface area contributed by atoms with Gasteiger partial charge in [-0.3, -0.25) is 9.59 Å². The SMILES string of the molecule is COc1ccc(C(=O)CCC(=O)NC2CCCN(C)C2)cc1. The third-order valence-electron chi connectivity index (χ3n) is 3.98. The average molecular weight is 304 g/mol.